The van der Waals surface area contributed by atoms with Gasteiger partial charge in [-0.3, -0.25) is 4.79 Å². The Morgan fingerprint density at radius 1 is 1.20 bits per heavy atom. The Morgan fingerprint density at radius 2 is 1.95 bits per heavy atom. The second kappa shape index (κ2) is 4.88. The third-order valence-corrected chi connectivity index (χ3v) is 4.89. The van der Waals surface area contributed by atoms with Gasteiger partial charge in [-0.25, -0.2) is 0 Å². The molecule has 1 N–H and O–H groups in total. The second-order valence-corrected chi connectivity index (χ2v) is 6.57. The van der Waals surface area contributed by atoms with E-state index in [1.807, 2.05) is 17.0 Å². The number of nitrogens with zero attached hydrogens (tertiary/aromatic N) is 1. The van der Waals surface area contributed by atoms with Crippen molar-refractivity contribution in [2.75, 3.05) is 19.6 Å². The van der Waals surface area contributed by atoms with E-state index in [1.165, 1.54) is 31.4 Å². The van der Waals surface area contributed by atoms with Gasteiger partial charge in [0.2, 0.25) is 0 Å². The Kier molecular flexibility index (Phi) is 3.03. The molecule has 2 aliphatic carbocycles. The topological polar surface area (TPSA) is 32.3 Å². The molecule has 0 aromatic heterocycles. The van der Waals surface area contributed by atoms with Crippen LogP contribution >= 0.6 is 0 Å². The molecule has 2 atom stereocenters. The van der Waals surface area contributed by atoms with Crippen LogP contribution in [0.5, 0.6) is 0 Å². The summed E-state index contributed by atoms with van der Waals surface area (Å²) in [5.41, 5.74) is 2.23. The van der Waals surface area contributed by atoms with Gasteiger partial charge in [-0.2, -0.15) is 0 Å². The Bertz CT molecular complexity index is 502. The van der Waals surface area contributed by atoms with Crippen LogP contribution in [-0.4, -0.2) is 36.5 Å². The van der Waals surface area contributed by atoms with Crippen LogP contribution in [0.1, 0.15) is 47.5 Å². The van der Waals surface area contributed by atoms with Gasteiger partial charge in [-0.05, 0) is 55.8 Å². The molecule has 3 heteroatoms. The fraction of sp³-hybridized carbons (Fsp3) is 0.588. The molecule has 4 rings (SSSR count). The highest BCUT2D eigenvalue weighted by Gasteiger charge is 2.39. The second-order valence-electron chi connectivity index (χ2n) is 6.57. The van der Waals surface area contributed by atoms with Gasteiger partial charge in [-0.1, -0.05) is 12.1 Å². The lowest BCUT2D eigenvalue weighted by molar-refractivity contribution is 0.0652. The molecule has 3 aliphatic rings. The fourth-order valence-electron chi connectivity index (χ4n) is 3.00. The third-order valence-electron chi connectivity index (χ3n) is 4.89. The molecule has 3 nitrogen and oxygen atoms in total. The largest absolute Gasteiger partial charge is 0.339 e. The molecule has 1 aliphatic heterocycles. The molecular formula is C17H22N2O. The summed E-state index contributed by atoms with van der Waals surface area (Å²) < 4.78 is 0. The van der Waals surface area contributed by atoms with Gasteiger partial charge < -0.3 is 10.2 Å². The SMILES string of the molecule is O=C(c1ccc(C2CC2NCC2CC2)cc1)N1CCC1. The first-order valence-electron chi connectivity index (χ1n) is 7.94. The quantitative estimate of drug-likeness (QED) is 0.891. The maximum atomic E-state index is 12.1. The van der Waals surface area contributed by atoms with Gasteiger partial charge in [-0.15, -0.1) is 0 Å². The van der Waals surface area contributed by atoms with E-state index in [-0.39, 0.29) is 5.91 Å². The lowest BCUT2D eigenvalue weighted by atomic mass is 10.1. The molecule has 3 fully saturated rings. The predicted molar refractivity (Wildman–Crippen MR) is 78.8 cm³/mol. The zero-order valence-electron chi connectivity index (χ0n) is 11.8. The summed E-state index contributed by atoms with van der Waals surface area (Å²) in [6, 6.07) is 8.98. The van der Waals surface area contributed by atoms with Gasteiger partial charge in [0.05, 0.1) is 0 Å². The summed E-state index contributed by atoms with van der Waals surface area (Å²) in [6.45, 7) is 3.05. The maximum absolute atomic E-state index is 12.1. The number of benzene rings is 1. The van der Waals surface area contributed by atoms with Crippen LogP contribution in [0.3, 0.4) is 0 Å². The highest BCUT2D eigenvalue weighted by molar-refractivity contribution is 5.94. The van der Waals surface area contributed by atoms with Crippen molar-refractivity contribution in [2.24, 2.45) is 5.92 Å². The Morgan fingerprint density at radius 3 is 2.55 bits per heavy atom. The minimum atomic E-state index is 0.196. The summed E-state index contributed by atoms with van der Waals surface area (Å²) in [5, 5.41) is 3.67. The van der Waals surface area contributed by atoms with Crippen molar-refractivity contribution in [3.05, 3.63) is 35.4 Å². The third kappa shape index (κ3) is 2.47. The minimum Gasteiger partial charge on any atom is -0.339 e. The van der Waals surface area contributed by atoms with Crippen molar-refractivity contribution in [2.45, 2.75) is 37.6 Å². The molecule has 1 aromatic carbocycles. The normalized spacial score (nSPS) is 28.1. The highest BCUT2D eigenvalue weighted by Crippen LogP contribution is 2.41. The smallest absolute Gasteiger partial charge is 0.253 e. The van der Waals surface area contributed by atoms with E-state index in [1.54, 1.807) is 0 Å². The van der Waals surface area contributed by atoms with E-state index in [0.29, 0.717) is 12.0 Å². The first-order chi connectivity index (χ1) is 9.81. The molecule has 20 heavy (non-hydrogen) atoms. The molecule has 2 saturated carbocycles. The standard InChI is InChI=1S/C17H22N2O/c20-17(19-8-1-9-19)14-6-4-13(5-7-14)15-10-16(15)18-11-12-2-3-12/h4-7,12,15-16,18H,1-3,8-11H2. The number of likely N-dealkylation sites (tertiary alicyclic amines) is 1. The fourth-order valence-corrected chi connectivity index (χ4v) is 3.00. The molecule has 1 saturated heterocycles. The lowest BCUT2D eigenvalue weighted by Crippen LogP contribution is -2.41. The van der Waals surface area contributed by atoms with Gasteiger partial charge >= 0.3 is 0 Å². The molecule has 2 unspecified atom stereocenters. The number of amides is 1. The number of nitrogens with one attached hydrogen (secondary N) is 1. The van der Waals surface area contributed by atoms with Crippen molar-refractivity contribution in [1.82, 2.24) is 10.2 Å². The van der Waals surface area contributed by atoms with Crippen LogP contribution in [0.4, 0.5) is 0 Å². The number of rotatable bonds is 5. The lowest BCUT2D eigenvalue weighted by Gasteiger charge is -2.30. The zero-order chi connectivity index (χ0) is 13.5. The number of carbonyl (C=O) groups excluding carboxylic acids is 1. The Labute approximate surface area is 120 Å². The molecule has 106 valence electrons. The molecule has 0 spiro atoms. The minimum absolute atomic E-state index is 0.196. The predicted octanol–water partition coefficient (Wildman–Crippen LogP) is 2.39. The number of carbonyl (C=O) groups is 1. The van der Waals surface area contributed by atoms with Crippen LogP contribution in [-0.2, 0) is 0 Å². The first kappa shape index (κ1) is 12.4. The maximum Gasteiger partial charge on any atom is 0.253 e. The van der Waals surface area contributed by atoms with Crippen molar-refractivity contribution in [3.8, 4) is 0 Å². The highest BCUT2D eigenvalue weighted by atomic mass is 16.2. The van der Waals surface area contributed by atoms with Crippen LogP contribution in [0.25, 0.3) is 0 Å². The van der Waals surface area contributed by atoms with E-state index in [4.69, 9.17) is 0 Å². The van der Waals surface area contributed by atoms with Gasteiger partial charge in [0, 0.05) is 30.6 Å². The average Bonchev–Trinajstić information content (AvgIpc) is 3.29. The van der Waals surface area contributed by atoms with Crippen LogP contribution in [0.15, 0.2) is 24.3 Å². The molecule has 1 amide bonds. The molecular weight excluding hydrogens is 248 g/mol. The van der Waals surface area contributed by atoms with E-state index in [0.717, 1.165) is 31.0 Å². The van der Waals surface area contributed by atoms with Crippen LogP contribution < -0.4 is 5.32 Å². The van der Waals surface area contributed by atoms with E-state index in [9.17, 15) is 4.79 Å². The van der Waals surface area contributed by atoms with Crippen LogP contribution in [0.2, 0.25) is 0 Å². The average molecular weight is 270 g/mol. The summed E-state index contributed by atoms with van der Waals surface area (Å²) in [4.78, 5) is 14.0. The van der Waals surface area contributed by atoms with Gasteiger partial charge in [0.15, 0.2) is 0 Å². The zero-order valence-corrected chi connectivity index (χ0v) is 11.8. The number of hydrogen-bond donors (Lipinski definition) is 1. The monoisotopic (exact) mass is 270 g/mol. The van der Waals surface area contributed by atoms with Crippen molar-refractivity contribution >= 4 is 5.91 Å². The van der Waals surface area contributed by atoms with Gasteiger partial charge in [0.1, 0.15) is 0 Å². The van der Waals surface area contributed by atoms with E-state index >= 15 is 0 Å². The molecule has 0 radical (unpaired) electrons. The van der Waals surface area contributed by atoms with Gasteiger partial charge in [0.25, 0.3) is 5.91 Å². The Hall–Kier alpha value is -1.35. The van der Waals surface area contributed by atoms with Crippen molar-refractivity contribution < 1.29 is 4.79 Å². The molecule has 1 heterocycles. The summed E-state index contributed by atoms with van der Waals surface area (Å²) in [5.74, 6) is 1.82. The summed E-state index contributed by atoms with van der Waals surface area (Å²) >= 11 is 0. The summed E-state index contributed by atoms with van der Waals surface area (Å²) in [6.07, 6.45) is 5.24. The molecule has 0 bridgehead atoms. The van der Waals surface area contributed by atoms with E-state index < -0.39 is 0 Å². The first-order valence-corrected chi connectivity index (χ1v) is 7.94. The van der Waals surface area contributed by atoms with E-state index in [2.05, 4.69) is 17.4 Å². The van der Waals surface area contributed by atoms with Crippen molar-refractivity contribution in [1.29, 1.82) is 0 Å². The van der Waals surface area contributed by atoms with Crippen LogP contribution in [0, 0.1) is 5.92 Å². The number of hydrogen-bond acceptors (Lipinski definition) is 2. The summed E-state index contributed by atoms with van der Waals surface area (Å²) in [7, 11) is 0. The van der Waals surface area contributed by atoms with Crippen molar-refractivity contribution in [3.63, 3.8) is 0 Å². The molecule has 1 aromatic rings. The Balaban J connectivity index is 1.34.